The molecule has 0 radical (unpaired) electrons. The molecule has 2 N–H and O–H groups in total. The number of rotatable bonds is 9. The summed E-state index contributed by atoms with van der Waals surface area (Å²) < 4.78 is 5.43. The number of hydrogen-bond donors (Lipinski definition) is 2. The van der Waals surface area contributed by atoms with E-state index in [1.54, 1.807) is 49.9 Å². The first kappa shape index (κ1) is 31.0. The largest absolute Gasteiger partial charge is 0.444 e. The molecule has 200 valence electrons. The van der Waals surface area contributed by atoms with Crippen LogP contribution in [0.3, 0.4) is 0 Å². The summed E-state index contributed by atoms with van der Waals surface area (Å²) in [5, 5.41) is 5.79. The maximum atomic E-state index is 14.1. The molecule has 3 unspecified atom stereocenters. The average Bonchev–Trinajstić information content (AvgIpc) is 2.73. The topological polar surface area (TPSA) is 87.7 Å². The molecule has 0 heterocycles. The van der Waals surface area contributed by atoms with Gasteiger partial charge in [0.1, 0.15) is 17.7 Å². The van der Waals surface area contributed by atoms with E-state index in [-0.39, 0.29) is 23.8 Å². The van der Waals surface area contributed by atoms with Gasteiger partial charge < -0.3 is 20.3 Å². The van der Waals surface area contributed by atoms with Gasteiger partial charge in [-0.25, -0.2) is 4.79 Å². The monoisotopic (exact) mass is 499 g/mol. The lowest BCUT2D eigenvalue weighted by molar-refractivity contribution is -0.146. The minimum absolute atomic E-state index is 0.115. The SMILES string of the molecule is C#Cc1ccc(C(C(=O)NC(C)(C)C)N(C(=O)C(CC(C)C)NC(=O)OC(C)(C)C)C(C)CC)cc1. The Morgan fingerprint density at radius 3 is 2.00 bits per heavy atom. The van der Waals surface area contributed by atoms with E-state index < -0.39 is 29.3 Å². The molecule has 0 bridgehead atoms. The minimum Gasteiger partial charge on any atom is -0.444 e. The molecule has 1 rings (SSSR count). The van der Waals surface area contributed by atoms with Crippen LogP contribution in [0.2, 0.25) is 0 Å². The number of carbonyl (C=O) groups excluding carboxylic acids is 3. The summed E-state index contributed by atoms with van der Waals surface area (Å²) in [6.45, 7) is 18.8. The predicted octanol–water partition coefficient (Wildman–Crippen LogP) is 5.19. The molecule has 1 aromatic carbocycles. The summed E-state index contributed by atoms with van der Waals surface area (Å²) in [6.07, 6.45) is 5.88. The fourth-order valence-corrected chi connectivity index (χ4v) is 3.76. The molecule has 0 aliphatic heterocycles. The van der Waals surface area contributed by atoms with Crippen molar-refractivity contribution in [3.05, 3.63) is 35.4 Å². The van der Waals surface area contributed by atoms with Crippen LogP contribution in [-0.4, -0.2) is 46.0 Å². The number of amides is 3. The van der Waals surface area contributed by atoms with Crippen LogP contribution in [0, 0.1) is 18.3 Å². The smallest absolute Gasteiger partial charge is 0.408 e. The Kier molecular flexibility index (Phi) is 11.0. The lowest BCUT2D eigenvalue weighted by Crippen LogP contribution is -2.57. The first-order valence-electron chi connectivity index (χ1n) is 12.7. The average molecular weight is 500 g/mol. The zero-order valence-corrected chi connectivity index (χ0v) is 23.7. The Morgan fingerprint density at radius 1 is 1.03 bits per heavy atom. The van der Waals surface area contributed by atoms with E-state index in [1.165, 1.54) is 0 Å². The highest BCUT2D eigenvalue weighted by Crippen LogP contribution is 2.28. The van der Waals surface area contributed by atoms with Crippen molar-refractivity contribution in [2.75, 3.05) is 0 Å². The van der Waals surface area contributed by atoms with Gasteiger partial charge in [-0.1, -0.05) is 38.8 Å². The summed E-state index contributed by atoms with van der Waals surface area (Å²) in [4.78, 5) is 42.0. The first-order valence-corrected chi connectivity index (χ1v) is 12.7. The maximum Gasteiger partial charge on any atom is 0.408 e. The fourth-order valence-electron chi connectivity index (χ4n) is 3.76. The molecule has 0 fully saturated rings. The van der Waals surface area contributed by atoms with Gasteiger partial charge in [0.25, 0.3) is 0 Å². The molecular formula is C29H45N3O4. The van der Waals surface area contributed by atoms with Gasteiger partial charge in [0.2, 0.25) is 11.8 Å². The standard InChI is InChI=1S/C29H45N3O4/c1-12-20(5)32(26(34)23(18-19(3)4)30-27(35)36-29(9,10)11)24(25(33)31-28(6,7)8)22-16-14-21(13-2)15-17-22/h2,14-17,19-20,23-24H,12,18H2,1,3-11H3,(H,30,35)(H,31,33). The maximum absolute atomic E-state index is 14.1. The Morgan fingerprint density at radius 2 is 1.58 bits per heavy atom. The molecule has 0 spiro atoms. The van der Waals surface area contributed by atoms with Crippen LogP contribution in [0.4, 0.5) is 4.79 Å². The third-order valence-corrected chi connectivity index (χ3v) is 5.43. The van der Waals surface area contributed by atoms with Gasteiger partial charge in [-0.2, -0.15) is 0 Å². The number of carbonyl (C=O) groups is 3. The molecular weight excluding hydrogens is 454 g/mol. The van der Waals surface area contributed by atoms with Crippen LogP contribution in [0.5, 0.6) is 0 Å². The summed E-state index contributed by atoms with van der Waals surface area (Å²) in [7, 11) is 0. The van der Waals surface area contributed by atoms with E-state index >= 15 is 0 Å². The van der Waals surface area contributed by atoms with Crippen LogP contribution < -0.4 is 10.6 Å². The van der Waals surface area contributed by atoms with Gasteiger partial charge >= 0.3 is 6.09 Å². The van der Waals surface area contributed by atoms with Crippen molar-refractivity contribution < 1.29 is 19.1 Å². The van der Waals surface area contributed by atoms with Gasteiger partial charge in [-0.05, 0) is 84.9 Å². The number of terminal acetylenes is 1. The van der Waals surface area contributed by atoms with Crippen molar-refractivity contribution >= 4 is 17.9 Å². The van der Waals surface area contributed by atoms with E-state index in [1.807, 2.05) is 48.5 Å². The zero-order chi connectivity index (χ0) is 27.8. The molecule has 0 aliphatic rings. The number of alkyl carbamates (subject to hydrolysis) is 1. The normalized spacial score (nSPS) is 14.3. The van der Waals surface area contributed by atoms with Crippen LogP contribution in [0.15, 0.2) is 24.3 Å². The van der Waals surface area contributed by atoms with Crippen molar-refractivity contribution in [1.29, 1.82) is 0 Å². The van der Waals surface area contributed by atoms with Crippen LogP contribution in [0.25, 0.3) is 0 Å². The van der Waals surface area contributed by atoms with Gasteiger partial charge in [0.15, 0.2) is 0 Å². The number of nitrogens with zero attached hydrogens (tertiary/aromatic N) is 1. The highest BCUT2D eigenvalue weighted by Gasteiger charge is 2.39. The van der Waals surface area contributed by atoms with Crippen molar-refractivity contribution in [3.8, 4) is 12.3 Å². The van der Waals surface area contributed by atoms with Crippen LogP contribution >= 0.6 is 0 Å². The van der Waals surface area contributed by atoms with Crippen LogP contribution in [0.1, 0.15) is 99.2 Å². The second kappa shape index (κ2) is 12.8. The van der Waals surface area contributed by atoms with Crippen molar-refractivity contribution in [1.82, 2.24) is 15.5 Å². The molecule has 0 aliphatic carbocycles. The summed E-state index contributed by atoms with van der Waals surface area (Å²) in [6, 6.07) is 5.04. The van der Waals surface area contributed by atoms with E-state index in [0.29, 0.717) is 24.0 Å². The second-order valence-electron chi connectivity index (χ2n) is 11.7. The molecule has 7 nitrogen and oxygen atoms in total. The lowest BCUT2D eigenvalue weighted by Gasteiger charge is -2.39. The van der Waals surface area contributed by atoms with Gasteiger partial charge in [-0.15, -0.1) is 6.42 Å². The summed E-state index contributed by atoms with van der Waals surface area (Å²) in [5.74, 6) is 2.06. The number of ether oxygens (including phenoxy) is 1. The Labute approximate surface area is 217 Å². The highest BCUT2D eigenvalue weighted by atomic mass is 16.6. The summed E-state index contributed by atoms with van der Waals surface area (Å²) >= 11 is 0. The molecule has 3 atom stereocenters. The predicted molar refractivity (Wildman–Crippen MR) is 144 cm³/mol. The third-order valence-electron chi connectivity index (χ3n) is 5.43. The Hall–Kier alpha value is -3.01. The van der Waals surface area contributed by atoms with Crippen molar-refractivity contribution in [2.24, 2.45) is 5.92 Å². The van der Waals surface area contributed by atoms with Gasteiger partial charge in [-0.3, -0.25) is 9.59 Å². The number of nitrogens with one attached hydrogen (secondary N) is 2. The molecule has 0 saturated carbocycles. The Balaban J connectivity index is 3.58. The number of benzene rings is 1. The molecule has 0 saturated heterocycles. The lowest BCUT2D eigenvalue weighted by atomic mass is 9.96. The van der Waals surface area contributed by atoms with E-state index in [0.717, 1.165) is 0 Å². The first-order chi connectivity index (χ1) is 16.5. The number of hydrogen-bond acceptors (Lipinski definition) is 4. The van der Waals surface area contributed by atoms with E-state index in [2.05, 4.69) is 16.6 Å². The fraction of sp³-hybridized carbons (Fsp3) is 0.621. The third kappa shape index (κ3) is 9.93. The highest BCUT2D eigenvalue weighted by molar-refractivity contribution is 5.92. The van der Waals surface area contributed by atoms with Crippen molar-refractivity contribution in [3.63, 3.8) is 0 Å². The second-order valence-corrected chi connectivity index (χ2v) is 11.7. The van der Waals surface area contributed by atoms with Gasteiger partial charge in [0, 0.05) is 17.1 Å². The zero-order valence-electron chi connectivity index (χ0n) is 23.7. The molecule has 1 aromatic rings. The molecule has 36 heavy (non-hydrogen) atoms. The molecule has 7 heteroatoms. The molecule has 3 amide bonds. The quantitative estimate of drug-likeness (QED) is 0.458. The van der Waals surface area contributed by atoms with E-state index in [4.69, 9.17) is 11.2 Å². The van der Waals surface area contributed by atoms with Crippen LogP contribution in [-0.2, 0) is 14.3 Å². The minimum atomic E-state index is -0.909. The Bertz CT molecular complexity index is 933. The molecule has 0 aromatic heterocycles. The van der Waals surface area contributed by atoms with E-state index in [9.17, 15) is 14.4 Å². The van der Waals surface area contributed by atoms with Crippen molar-refractivity contribution in [2.45, 2.75) is 111 Å². The summed E-state index contributed by atoms with van der Waals surface area (Å²) in [5.41, 5.74) is 0.105. The van der Waals surface area contributed by atoms with Gasteiger partial charge in [0.05, 0.1) is 0 Å².